The second-order valence-electron chi connectivity index (χ2n) is 7.87. The van der Waals surface area contributed by atoms with E-state index in [2.05, 4.69) is 17.6 Å². The summed E-state index contributed by atoms with van der Waals surface area (Å²) in [5.41, 5.74) is 1.58. The summed E-state index contributed by atoms with van der Waals surface area (Å²) in [6, 6.07) is 24.6. The number of benzene rings is 3. The zero-order chi connectivity index (χ0) is 23.8. The SMILES string of the molecule is CCCCCCOc1ccc(NC(=O)CNc2ccc(OCCOc3ccccc3)cc2)cc1. The molecule has 3 rings (SSSR count). The molecule has 2 N–H and O–H groups in total. The third-order valence-electron chi connectivity index (χ3n) is 5.08. The normalized spacial score (nSPS) is 10.4. The molecule has 0 aromatic heterocycles. The Labute approximate surface area is 202 Å². The van der Waals surface area contributed by atoms with Crippen molar-refractivity contribution in [3.8, 4) is 17.2 Å². The molecule has 0 aliphatic heterocycles. The van der Waals surface area contributed by atoms with E-state index in [0.717, 1.165) is 41.7 Å². The molecule has 0 aliphatic carbocycles. The number of hydrogen-bond acceptors (Lipinski definition) is 5. The molecule has 34 heavy (non-hydrogen) atoms. The number of para-hydroxylation sites is 1. The van der Waals surface area contributed by atoms with Gasteiger partial charge in [0.25, 0.3) is 0 Å². The number of nitrogens with one attached hydrogen (secondary N) is 2. The fraction of sp³-hybridized carbons (Fsp3) is 0.321. The summed E-state index contributed by atoms with van der Waals surface area (Å²) >= 11 is 0. The van der Waals surface area contributed by atoms with Gasteiger partial charge in [-0.3, -0.25) is 4.79 Å². The molecular formula is C28H34N2O4. The predicted octanol–water partition coefficient (Wildman–Crippen LogP) is 6.15. The number of carbonyl (C=O) groups excluding carboxylic acids is 1. The summed E-state index contributed by atoms with van der Waals surface area (Å²) < 4.78 is 17.0. The van der Waals surface area contributed by atoms with E-state index in [4.69, 9.17) is 14.2 Å². The lowest BCUT2D eigenvalue weighted by atomic mass is 10.2. The second-order valence-corrected chi connectivity index (χ2v) is 7.87. The van der Waals surface area contributed by atoms with Crippen molar-refractivity contribution < 1.29 is 19.0 Å². The largest absolute Gasteiger partial charge is 0.494 e. The summed E-state index contributed by atoms with van der Waals surface area (Å²) in [6.07, 6.45) is 4.71. The van der Waals surface area contributed by atoms with Gasteiger partial charge in [-0.15, -0.1) is 0 Å². The summed E-state index contributed by atoms with van der Waals surface area (Å²) in [5.74, 6) is 2.28. The van der Waals surface area contributed by atoms with Gasteiger partial charge in [0, 0.05) is 11.4 Å². The van der Waals surface area contributed by atoms with Crippen LogP contribution in [0.4, 0.5) is 11.4 Å². The molecule has 0 spiro atoms. The summed E-state index contributed by atoms with van der Waals surface area (Å²) in [7, 11) is 0. The Morgan fingerprint density at radius 1 is 0.647 bits per heavy atom. The average Bonchev–Trinajstić information content (AvgIpc) is 2.87. The lowest BCUT2D eigenvalue weighted by Crippen LogP contribution is -2.21. The molecule has 3 aromatic rings. The lowest BCUT2D eigenvalue weighted by molar-refractivity contribution is -0.114. The Hall–Kier alpha value is -3.67. The van der Waals surface area contributed by atoms with E-state index in [1.807, 2.05) is 78.9 Å². The minimum Gasteiger partial charge on any atom is -0.494 e. The maximum atomic E-state index is 12.3. The van der Waals surface area contributed by atoms with E-state index < -0.39 is 0 Å². The van der Waals surface area contributed by atoms with Gasteiger partial charge in [0.1, 0.15) is 30.5 Å². The first kappa shape index (κ1) is 25.0. The summed E-state index contributed by atoms with van der Waals surface area (Å²) in [5, 5.41) is 6.01. The maximum Gasteiger partial charge on any atom is 0.243 e. The standard InChI is InChI=1S/C28H34N2O4/c1-2-3-4-8-19-32-26-17-13-24(14-18-26)30-28(31)22-29-23-11-15-27(16-12-23)34-21-20-33-25-9-6-5-7-10-25/h5-7,9-18,29H,2-4,8,19-22H2,1H3,(H,30,31). The van der Waals surface area contributed by atoms with E-state index in [1.54, 1.807) is 0 Å². The van der Waals surface area contributed by atoms with Gasteiger partial charge in [0.2, 0.25) is 5.91 Å². The molecule has 3 aromatic carbocycles. The van der Waals surface area contributed by atoms with Crippen molar-refractivity contribution in [3.63, 3.8) is 0 Å². The molecule has 180 valence electrons. The van der Waals surface area contributed by atoms with Crippen LogP contribution in [-0.4, -0.2) is 32.3 Å². The maximum absolute atomic E-state index is 12.3. The minimum absolute atomic E-state index is 0.119. The number of rotatable bonds is 15. The highest BCUT2D eigenvalue weighted by Gasteiger charge is 2.04. The average molecular weight is 463 g/mol. The molecule has 0 heterocycles. The Morgan fingerprint density at radius 2 is 1.21 bits per heavy atom. The van der Waals surface area contributed by atoms with Crippen LogP contribution in [0.5, 0.6) is 17.2 Å². The van der Waals surface area contributed by atoms with Crippen LogP contribution in [0.2, 0.25) is 0 Å². The molecule has 6 nitrogen and oxygen atoms in total. The summed E-state index contributed by atoms with van der Waals surface area (Å²) in [4.78, 5) is 12.3. The number of anilines is 2. The van der Waals surface area contributed by atoms with Crippen LogP contribution in [0.3, 0.4) is 0 Å². The highest BCUT2D eigenvalue weighted by molar-refractivity contribution is 5.93. The predicted molar refractivity (Wildman–Crippen MR) is 137 cm³/mol. The van der Waals surface area contributed by atoms with Crippen LogP contribution < -0.4 is 24.8 Å². The first-order chi connectivity index (χ1) is 16.7. The van der Waals surface area contributed by atoms with Crippen LogP contribution in [0.15, 0.2) is 78.9 Å². The molecule has 0 atom stereocenters. The van der Waals surface area contributed by atoms with Crippen LogP contribution in [0.1, 0.15) is 32.6 Å². The molecule has 0 radical (unpaired) electrons. The van der Waals surface area contributed by atoms with Crippen molar-refractivity contribution >= 4 is 17.3 Å². The zero-order valence-corrected chi connectivity index (χ0v) is 19.8. The molecule has 0 bridgehead atoms. The van der Waals surface area contributed by atoms with Crippen molar-refractivity contribution in [3.05, 3.63) is 78.9 Å². The minimum atomic E-state index is -0.119. The third kappa shape index (κ3) is 9.45. The number of amides is 1. The van der Waals surface area contributed by atoms with Crippen molar-refractivity contribution in [1.29, 1.82) is 0 Å². The van der Waals surface area contributed by atoms with E-state index >= 15 is 0 Å². The van der Waals surface area contributed by atoms with Crippen molar-refractivity contribution in [2.75, 3.05) is 37.0 Å². The highest BCUT2D eigenvalue weighted by Crippen LogP contribution is 2.18. The fourth-order valence-electron chi connectivity index (χ4n) is 3.25. The highest BCUT2D eigenvalue weighted by atomic mass is 16.5. The van der Waals surface area contributed by atoms with Gasteiger partial charge >= 0.3 is 0 Å². The molecule has 0 unspecified atom stereocenters. The van der Waals surface area contributed by atoms with Gasteiger partial charge < -0.3 is 24.8 Å². The Morgan fingerprint density at radius 3 is 1.82 bits per heavy atom. The topological polar surface area (TPSA) is 68.8 Å². The van der Waals surface area contributed by atoms with Crippen molar-refractivity contribution in [2.24, 2.45) is 0 Å². The van der Waals surface area contributed by atoms with Crippen molar-refractivity contribution in [2.45, 2.75) is 32.6 Å². The van der Waals surface area contributed by atoms with E-state index in [9.17, 15) is 4.79 Å². The molecule has 6 heteroatoms. The van der Waals surface area contributed by atoms with E-state index in [1.165, 1.54) is 19.3 Å². The monoisotopic (exact) mass is 462 g/mol. The molecule has 0 aliphatic rings. The number of carbonyl (C=O) groups is 1. The van der Waals surface area contributed by atoms with Crippen LogP contribution >= 0.6 is 0 Å². The number of unbranched alkanes of at least 4 members (excludes halogenated alkanes) is 3. The quantitative estimate of drug-likeness (QED) is 0.265. The third-order valence-corrected chi connectivity index (χ3v) is 5.08. The molecule has 0 saturated heterocycles. The Kier molecular flexibility index (Phi) is 10.6. The molecule has 0 saturated carbocycles. The van der Waals surface area contributed by atoms with Gasteiger partial charge in [0.15, 0.2) is 0 Å². The molecule has 0 fully saturated rings. The van der Waals surface area contributed by atoms with Gasteiger partial charge in [-0.05, 0) is 67.1 Å². The number of hydrogen-bond donors (Lipinski definition) is 2. The van der Waals surface area contributed by atoms with Gasteiger partial charge in [-0.25, -0.2) is 0 Å². The second kappa shape index (κ2) is 14.5. The molecule has 1 amide bonds. The van der Waals surface area contributed by atoms with Crippen LogP contribution in [0.25, 0.3) is 0 Å². The smallest absolute Gasteiger partial charge is 0.243 e. The van der Waals surface area contributed by atoms with Gasteiger partial charge in [-0.1, -0.05) is 44.4 Å². The lowest BCUT2D eigenvalue weighted by Gasteiger charge is -2.11. The Balaban J connectivity index is 1.31. The molecular weight excluding hydrogens is 428 g/mol. The zero-order valence-electron chi connectivity index (χ0n) is 19.8. The van der Waals surface area contributed by atoms with Crippen molar-refractivity contribution in [1.82, 2.24) is 0 Å². The van der Waals surface area contributed by atoms with Gasteiger partial charge in [-0.2, -0.15) is 0 Å². The first-order valence-corrected chi connectivity index (χ1v) is 11.9. The van der Waals surface area contributed by atoms with Gasteiger partial charge in [0.05, 0.1) is 13.2 Å². The summed E-state index contributed by atoms with van der Waals surface area (Å²) in [6.45, 7) is 4.00. The first-order valence-electron chi connectivity index (χ1n) is 11.9. The van der Waals surface area contributed by atoms with Crippen LogP contribution in [-0.2, 0) is 4.79 Å². The van der Waals surface area contributed by atoms with Crippen LogP contribution in [0, 0.1) is 0 Å². The number of ether oxygens (including phenoxy) is 3. The Bertz CT molecular complexity index is 960. The van der Waals surface area contributed by atoms with E-state index in [-0.39, 0.29) is 12.5 Å². The fourth-order valence-corrected chi connectivity index (χ4v) is 3.25. The van der Waals surface area contributed by atoms with E-state index in [0.29, 0.717) is 13.2 Å².